The first-order chi connectivity index (χ1) is 12.0. The van der Waals surface area contributed by atoms with E-state index in [2.05, 4.69) is 10.3 Å². The number of amides is 1. The van der Waals surface area contributed by atoms with Crippen molar-refractivity contribution in [1.29, 1.82) is 0 Å². The quantitative estimate of drug-likeness (QED) is 0.682. The number of nitrogens with one attached hydrogen (secondary N) is 1. The molecule has 0 spiro atoms. The second-order valence-electron chi connectivity index (χ2n) is 5.08. The number of thiazole rings is 1. The zero-order valence-corrected chi connectivity index (χ0v) is 14.9. The third kappa shape index (κ3) is 3.72. The number of aromatic nitrogens is 1. The molecule has 0 aliphatic rings. The third-order valence-corrected chi connectivity index (χ3v) is 4.42. The molecule has 0 aliphatic heterocycles. The van der Waals surface area contributed by atoms with Crippen LogP contribution in [0.25, 0.3) is 10.8 Å². The lowest BCUT2D eigenvalue weighted by Crippen LogP contribution is -2.15. The van der Waals surface area contributed by atoms with Gasteiger partial charge in [0, 0.05) is 10.4 Å². The summed E-state index contributed by atoms with van der Waals surface area (Å²) in [6, 6.07) is 8.16. The molecule has 8 heteroatoms. The molecule has 0 saturated heterocycles. The van der Waals surface area contributed by atoms with Crippen molar-refractivity contribution in [2.45, 2.75) is 6.92 Å². The molecule has 2 aromatic heterocycles. The zero-order valence-electron chi connectivity index (χ0n) is 13.3. The molecule has 6 nitrogen and oxygen atoms in total. The van der Waals surface area contributed by atoms with Crippen molar-refractivity contribution >= 4 is 40.5 Å². The molecular formula is C17H13ClN2O4S. The first-order valence-corrected chi connectivity index (χ1v) is 8.45. The molecule has 0 bridgehead atoms. The smallest absolute Gasteiger partial charge is 0.340 e. The Balaban J connectivity index is 1.84. The maximum atomic E-state index is 12.4. The van der Waals surface area contributed by atoms with Gasteiger partial charge in [0.05, 0.1) is 18.4 Å². The molecule has 128 valence electrons. The number of carbonyl (C=O) groups is 2. The Labute approximate surface area is 152 Å². The monoisotopic (exact) mass is 376 g/mol. The SMILES string of the molecule is COC(=O)c1cc(Cl)ccc1NC(=O)c1csc(-c2ccc(C)o2)n1. The van der Waals surface area contributed by atoms with Crippen molar-refractivity contribution in [2.24, 2.45) is 0 Å². The van der Waals surface area contributed by atoms with Gasteiger partial charge in [0.2, 0.25) is 0 Å². The Morgan fingerprint density at radius 1 is 1.28 bits per heavy atom. The van der Waals surface area contributed by atoms with Gasteiger partial charge in [0.25, 0.3) is 5.91 Å². The second-order valence-corrected chi connectivity index (χ2v) is 6.38. The molecule has 0 radical (unpaired) electrons. The molecule has 2 heterocycles. The number of furan rings is 1. The van der Waals surface area contributed by atoms with Gasteiger partial charge >= 0.3 is 5.97 Å². The summed E-state index contributed by atoms with van der Waals surface area (Å²) < 4.78 is 10.2. The molecule has 3 rings (SSSR count). The molecule has 3 aromatic rings. The molecule has 0 unspecified atom stereocenters. The Morgan fingerprint density at radius 3 is 2.76 bits per heavy atom. The van der Waals surface area contributed by atoms with E-state index in [1.807, 2.05) is 13.0 Å². The summed E-state index contributed by atoms with van der Waals surface area (Å²) in [5.74, 6) is 0.324. The number of hydrogen-bond acceptors (Lipinski definition) is 6. The molecule has 1 amide bonds. The molecule has 1 N–H and O–H groups in total. The number of rotatable bonds is 4. The van der Waals surface area contributed by atoms with Crippen LogP contribution in [0.15, 0.2) is 40.1 Å². The highest BCUT2D eigenvalue weighted by molar-refractivity contribution is 7.13. The van der Waals surface area contributed by atoms with Gasteiger partial charge in [-0.2, -0.15) is 0 Å². The number of benzene rings is 1. The fourth-order valence-corrected chi connectivity index (χ4v) is 3.06. The average molecular weight is 377 g/mol. The highest BCUT2D eigenvalue weighted by atomic mass is 35.5. The van der Waals surface area contributed by atoms with Crippen molar-refractivity contribution in [1.82, 2.24) is 4.98 Å². The Kier molecular flexibility index (Phi) is 4.87. The highest BCUT2D eigenvalue weighted by Gasteiger charge is 2.18. The molecule has 0 fully saturated rings. The first-order valence-electron chi connectivity index (χ1n) is 7.19. The van der Waals surface area contributed by atoms with Crippen LogP contribution in [0.3, 0.4) is 0 Å². The van der Waals surface area contributed by atoms with Crippen LogP contribution in [0.2, 0.25) is 5.02 Å². The van der Waals surface area contributed by atoms with E-state index < -0.39 is 11.9 Å². The predicted molar refractivity (Wildman–Crippen MR) is 95.3 cm³/mol. The lowest BCUT2D eigenvalue weighted by Gasteiger charge is -2.09. The van der Waals surface area contributed by atoms with Crippen LogP contribution >= 0.6 is 22.9 Å². The molecule has 25 heavy (non-hydrogen) atoms. The van der Waals surface area contributed by atoms with E-state index in [1.165, 1.54) is 30.6 Å². The standard InChI is InChI=1S/C17H13ClN2O4S/c1-9-3-6-14(24-9)16-20-13(8-25-16)15(21)19-12-5-4-10(18)7-11(12)17(22)23-2/h3-8H,1-2H3,(H,19,21). The average Bonchev–Trinajstić information content (AvgIpc) is 3.24. The predicted octanol–water partition coefficient (Wildman–Crippen LogP) is 4.40. The summed E-state index contributed by atoms with van der Waals surface area (Å²) in [6.45, 7) is 1.83. The van der Waals surface area contributed by atoms with Gasteiger partial charge in [0.1, 0.15) is 11.5 Å². The van der Waals surface area contributed by atoms with Crippen molar-refractivity contribution in [3.05, 3.63) is 57.8 Å². The highest BCUT2D eigenvalue weighted by Crippen LogP contribution is 2.27. The van der Waals surface area contributed by atoms with Gasteiger partial charge in [-0.1, -0.05) is 11.6 Å². The van der Waals surface area contributed by atoms with E-state index in [0.29, 0.717) is 21.5 Å². The lowest BCUT2D eigenvalue weighted by atomic mass is 10.1. The van der Waals surface area contributed by atoms with Crippen LogP contribution in [0, 0.1) is 6.92 Å². The van der Waals surface area contributed by atoms with Gasteiger partial charge in [-0.15, -0.1) is 11.3 Å². The second kappa shape index (κ2) is 7.08. The molecule has 0 aliphatic carbocycles. The van der Waals surface area contributed by atoms with Gasteiger partial charge in [-0.25, -0.2) is 9.78 Å². The minimum Gasteiger partial charge on any atom is -0.465 e. The Bertz CT molecular complexity index is 948. The van der Waals surface area contributed by atoms with Gasteiger partial charge < -0.3 is 14.5 Å². The maximum absolute atomic E-state index is 12.4. The largest absolute Gasteiger partial charge is 0.465 e. The van der Waals surface area contributed by atoms with Crippen LogP contribution < -0.4 is 5.32 Å². The summed E-state index contributed by atoms with van der Waals surface area (Å²) in [4.78, 5) is 28.5. The number of hydrogen-bond donors (Lipinski definition) is 1. The van der Waals surface area contributed by atoms with E-state index >= 15 is 0 Å². The molecule has 0 saturated carbocycles. The Morgan fingerprint density at radius 2 is 2.08 bits per heavy atom. The topological polar surface area (TPSA) is 81.4 Å². The normalized spacial score (nSPS) is 10.5. The van der Waals surface area contributed by atoms with Crippen molar-refractivity contribution in [3.8, 4) is 10.8 Å². The molecular weight excluding hydrogens is 364 g/mol. The van der Waals surface area contributed by atoms with Crippen molar-refractivity contribution in [3.63, 3.8) is 0 Å². The van der Waals surface area contributed by atoms with E-state index in [4.69, 9.17) is 20.8 Å². The van der Waals surface area contributed by atoms with Crippen LogP contribution in [-0.2, 0) is 4.74 Å². The van der Waals surface area contributed by atoms with E-state index in [9.17, 15) is 9.59 Å². The molecule has 0 atom stereocenters. The minimum absolute atomic E-state index is 0.167. The van der Waals surface area contributed by atoms with E-state index in [1.54, 1.807) is 17.5 Å². The number of methoxy groups -OCH3 is 1. The van der Waals surface area contributed by atoms with Gasteiger partial charge in [0.15, 0.2) is 10.8 Å². The third-order valence-electron chi connectivity index (χ3n) is 3.32. The summed E-state index contributed by atoms with van der Waals surface area (Å²) >= 11 is 7.20. The van der Waals surface area contributed by atoms with Crippen molar-refractivity contribution < 1.29 is 18.7 Å². The maximum Gasteiger partial charge on any atom is 0.340 e. The number of anilines is 1. The number of ether oxygens (including phenoxy) is 1. The lowest BCUT2D eigenvalue weighted by molar-refractivity contribution is 0.0602. The van der Waals surface area contributed by atoms with Crippen LogP contribution in [-0.4, -0.2) is 24.0 Å². The van der Waals surface area contributed by atoms with E-state index in [-0.39, 0.29) is 11.3 Å². The molecule has 1 aromatic carbocycles. The number of aryl methyl sites for hydroxylation is 1. The summed E-state index contributed by atoms with van der Waals surface area (Å²) in [5.41, 5.74) is 0.685. The number of esters is 1. The van der Waals surface area contributed by atoms with E-state index in [0.717, 1.165) is 5.76 Å². The first kappa shape index (κ1) is 17.2. The fourth-order valence-electron chi connectivity index (χ4n) is 2.13. The van der Waals surface area contributed by atoms with Crippen LogP contribution in [0.5, 0.6) is 0 Å². The van der Waals surface area contributed by atoms with Crippen LogP contribution in [0.4, 0.5) is 5.69 Å². The zero-order chi connectivity index (χ0) is 18.0. The minimum atomic E-state index is -0.595. The van der Waals surface area contributed by atoms with Gasteiger partial charge in [-0.05, 0) is 37.3 Å². The van der Waals surface area contributed by atoms with Gasteiger partial charge in [-0.3, -0.25) is 4.79 Å². The van der Waals surface area contributed by atoms with Crippen LogP contribution in [0.1, 0.15) is 26.6 Å². The van der Waals surface area contributed by atoms with Crippen molar-refractivity contribution in [2.75, 3.05) is 12.4 Å². The number of halogens is 1. The summed E-state index contributed by atoms with van der Waals surface area (Å²) in [7, 11) is 1.26. The number of nitrogens with zero attached hydrogens (tertiary/aromatic N) is 1. The summed E-state index contributed by atoms with van der Waals surface area (Å²) in [5, 5.41) is 5.24. The number of carbonyl (C=O) groups excluding carboxylic acids is 2. The fraction of sp³-hybridized carbons (Fsp3) is 0.118. The summed E-state index contributed by atoms with van der Waals surface area (Å²) in [6.07, 6.45) is 0. The Hall–Kier alpha value is -2.64.